The van der Waals surface area contributed by atoms with E-state index in [1.54, 1.807) is 54.6 Å². The van der Waals surface area contributed by atoms with Crippen molar-refractivity contribution in [2.24, 2.45) is 0 Å². The molecule has 0 spiro atoms. The lowest BCUT2D eigenvalue weighted by Crippen LogP contribution is -2.12. The Morgan fingerprint density at radius 1 is 1.05 bits per heavy atom. The van der Waals surface area contributed by atoms with Crippen molar-refractivity contribution in [1.82, 2.24) is 0 Å². The Labute approximate surface area is 138 Å². The molecule has 2 rings (SSSR count). The van der Waals surface area contributed by atoms with Crippen molar-refractivity contribution in [2.75, 3.05) is 6.61 Å². The lowest BCUT2D eigenvalue weighted by Gasteiger charge is -2.03. The first kappa shape index (κ1) is 16.3. The first-order valence-electron chi connectivity index (χ1n) is 6.44. The van der Waals surface area contributed by atoms with Crippen LogP contribution in [0.3, 0.4) is 0 Å². The molecule has 0 aliphatic carbocycles. The van der Waals surface area contributed by atoms with Crippen LogP contribution in [0.1, 0.15) is 15.9 Å². The number of esters is 1. The van der Waals surface area contributed by atoms with Gasteiger partial charge in [0.25, 0.3) is 0 Å². The summed E-state index contributed by atoms with van der Waals surface area (Å²) in [4.78, 5) is 23.5. The highest BCUT2D eigenvalue weighted by atomic mass is 35.5. The number of Topliss-reactive ketones (excluding diaryl/α,β-unsaturated/α-hetero) is 1. The third-order valence-electron chi connectivity index (χ3n) is 2.78. The minimum Gasteiger partial charge on any atom is -0.454 e. The molecule has 0 bridgehead atoms. The predicted molar refractivity (Wildman–Crippen MR) is 87.2 cm³/mol. The maximum atomic E-state index is 11.9. The van der Waals surface area contributed by atoms with Crippen LogP contribution in [-0.4, -0.2) is 18.4 Å². The standard InChI is InChI=1S/C17H12Cl2O3/c18-13-5-3-4-12(10-13)8-9-17(21)22-11-16(20)14-6-1-2-7-15(14)19/h1-10H,11H2/b9-8+. The Kier molecular flexibility index (Phi) is 5.75. The second kappa shape index (κ2) is 7.78. The molecule has 2 aromatic carbocycles. The summed E-state index contributed by atoms with van der Waals surface area (Å²) >= 11 is 11.7. The van der Waals surface area contributed by atoms with Crippen LogP contribution in [0.25, 0.3) is 6.08 Å². The maximum absolute atomic E-state index is 11.9. The van der Waals surface area contributed by atoms with Crippen LogP contribution >= 0.6 is 23.2 Å². The molecule has 0 atom stereocenters. The van der Waals surface area contributed by atoms with Crippen molar-refractivity contribution in [2.45, 2.75) is 0 Å². The van der Waals surface area contributed by atoms with E-state index in [1.165, 1.54) is 6.08 Å². The number of ether oxygens (including phenoxy) is 1. The molecule has 0 heterocycles. The highest BCUT2D eigenvalue weighted by Crippen LogP contribution is 2.15. The summed E-state index contributed by atoms with van der Waals surface area (Å²) in [6.07, 6.45) is 2.81. The second-order valence-corrected chi connectivity index (χ2v) is 5.24. The van der Waals surface area contributed by atoms with Crippen LogP contribution in [-0.2, 0) is 9.53 Å². The third kappa shape index (κ3) is 4.72. The molecule has 0 unspecified atom stereocenters. The number of halogens is 2. The van der Waals surface area contributed by atoms with Gasteiger partial charge in [-0.05, 0) is 35.9 Å². The van der Waals surface area contributed by atoms with Gasteiger partial charge in [0.15, 0.2) is 6.61 Å². The van der Waals surface area contributed by atoms with E-state index in [4.69, 9.17) is 27.9 Å². The molecule has 0 radical (unpaired) electrons. The number of benzene rings is 2. The normalized spacial score (nSPS) is 10.6. The molecule has 0 N–H and O–H groups in total. The molecule has 0 aliphatic heterocycles. The molecule has 0 saturated heterocycles. The van der Waals surface area contributed by atoms with Crippen LogP contribution in [0.4, 0.5) is 0 Å². The summed E-state index contributed by atoms with van der Waals surface area (Å²) < 4.78 is 4.90. The van der Waals surface area contributed by atoms with Crippen molar-refractivity contribution in [3.8, 4) is 0 Å². The summed E-state index contributed by atoms with van der Waals surface area (Å²) in [6, 6.07) is 13.6. The van der Waals surface area contributed by atoms with Crippen LogP contribution in [0.15, 0.2) is 54.6 Å². The summed E-state index contributed by atoms with van der Waals surface area (Å²) in [5.74, 6) is -0.963. The SMILES string of the molecule is O=C(/C=C/c1cccc(Cl)c1)OCC(=O)c1ccccc1Cl. The van der Waals surface area contributed by atoms with E-state index in [9.17, 15) is 9.59 Å². The van der Waals surface area contributed by atoms with Gasteiger partial charge in [-0.3, -0.25) is 4.79 Å². The van der Waals surface area contributed by atoms with Gasteiger partial charge in [-0.15, -0.1) is 0 Å². The molecular formula is C17H12Cl2O3. The number of hydrogen-bond acceptors (Lipinski definition) is 3. The smallest absolute Gasteiger partial charge is 0.331 e. The minimum absolute atomic E-state index is 0.329. The number of carbonyl (C=O) groups excluding carboxylic acids is 2. The van der Waals surface area contributed by atoms with Gasteiger partial charge in [-0.25, -0.2) is 4.79 Å². The predicted octanol–water partition coefficient (Wildman–Crippen LogP) is 4.43. The van der Waals surface area contributed by atoms with Gasteiger partial charge in [-0.1, -0.05) is 47.5 Å². The highest BCUT2D eigenvalue weighted by molar-refractivity contribution is 6.34. The number of hydrogen-bond donors (Lipinski definition) is 0. The molecule has 112 valence electrons. The summed E-state index contributed by atoms with van der Waals surface area (Å²) in [5, 5.41) is 0.905. The molecule has 0 aliphatic rings. The first-order valence-corrected chi connectivity index (χ1v) is 7.20. The van der Waals surface area contributed by atoms with Gasteiger partial charge in [0.05, 0.1) is 5.02 Å². The minimum atomic E-state index is -0.611. The number of carbonyl (C=O) groups is 2. The quantitative estimate of drug-likeness (QED) is 0.461. The van der Waals surface area contributed by atoms with E-state index in [2.05, 4.69) is 0 Å². The van der Waals surface area contributed by atoms with Gasteiger partial charge < -0.3 is 4.74 Å². The van der Waals surface area contributed by atoms with Crippen molar-refractivity contribution in [1.29, 1.82) is 0 Å². The molecule has 22 heavy (non-hydrogen) atoms. The monoisotopic (exact) mass is 334 g/mol. The van der Waals surface area contributed by atoms with E-state index in [1.807, 2.05) is 0 Å². The summed E-state index contributed by atoms with van der Waals surface area (Å²) in [7, 11) is 0. The van der Waals surface area contributed by atoms with Crippen LogP contribution in [0.5, 0.6) is 0 Å². The van der Waals surface area contributed by atoms with Crippen molar-refractivity contribution < 1.29 is 14.3 Å². The van der Waals surface area contributed by atoms with Gasteiger partial charge >= 0.3 is 5.97 Å². The van der Waals surface area contributed by atoms with Crippen molar-refractivity contribution >= 4 is 41.0 Å². The zero-order chi connectivity index (χ0) is 15.9. The number of ketones is 1. The summed E-state index contributed by atoms with van der Waals surface area (Å²) in [5.41, 5.74) is 1.10. The Morgan fingerprint density at radius 3 is 2.55 bits per heavy atom. The molecule has 5 heteroatoms. The maximum Gasteiger partial charge on any atom is 0.331 e. The fourth-order valence-corrected chi connectivity index (χ4v) is 2.16. The highest BCUT2D eigenvalue weighted by Gasteiger charge is 2.11. The Hall–Kier alpha value is -2.10. The van der Waals surface area contributed by atoms with E-state index >= 15 is 0 Å². The molecule has 0 amide bonds. The molecule has 0 saturated carbocycles. The van der Waals surface area contributed by atoms with Gasteiger partial charge in [0.1, 0.15) is 0 Å². The van der Waals surface area contributed by atoms with Crippen LogP contribution < -0.4 is 0 Å². The molecular weight excluding hydrogens is 323 g/mol. The lowest BCUT2D eigenvalue weighted by molar-refractivity contribution is -0.136. The largest absolute Gasteiger partial charge is 0.454 e. The Morgan fingerprint density at radius 2 is 1.82 bits per heavy atom. The van der Waals surface area contributed by atoms with Crippen molar-refractivity contribution in [3.05, 3.63) is 75.8 Å². The average molecular weight is 335 g/mol. The van der Waals surface area contributed by atoms with E-state index in [-0.39, 0.29) is 12.4 Å². The van der Waals surface area contributed by atoms with Gasteiger partial charge in [-0.2, -0.15) is 0 Å². The van der Waals surface area contributed by atoms with E-state index in [0.29, 0.717) is 15.6 Å². The summed E-state index contributed by atoms with van der Waals surface area (Å²) in [6.45, 7) is -0.359. The topological polar surface area (TPSA) is 43.4 Å². The van der Waals surface area contributed by atoms with E-state index in [0.717, 1.165) is 5.56 Å². The molecule has 2 aromatic rings. The third-order valence-corrected chi connectivity index (χ3v) is 3.35. The first-order chi connectivity index (χ1) is 10.6. The number of rotatable bonds is 5. The van der Waals surface area contributed by atoms with Gasteiger partial charge in [0.2, 0.25) is 5.78 Å². The lowest BCUT2D eigenvalue weighted by atomic mass is 10.1. The fraction of sp³-hybridized carbons (Fsp3) is 0.0588. The average Bonchev–Trinajstić information content (AvgIpc) is 2.51. The van der Waals surface area contributed by atoms with Gasteiger partial charge in [0, 0.05) is 16.7 Å². The molecule has 0 fully saturated rings. The molecule has 3 nitrogen and oxygen atoms in total. The Balaban J connectivity index is 1.90. The Bertz CT molecular complexity index is 723. The zero-order valence-corrected chi connectivity index (χ0v) is 13.0. The zero-order valence-electron chi connectivity index (χ0n) is 11.5. The van der Waals surface area contributed by atoms with Crippen molar-refractivity contribution in [3.63, 3.8) is 0 Å². The fourth-order valence-electron chi connectivity index (χ4n) is 1.72. The molecule has 0 aromatic heterocycles. The second-order valence-electron chi connectivity index (χ2n) is 4.40. The van der Waals surface area contributed by atoms with Crippen LogP contribution in [0.2, 0.25) is 10.0 Å². The van der Waals surface area contributed by atoms with E-state index < -0.39 is 5.97 Å². The van der Waals surface area contributed by atoms with Crippen LogP contribution in [0, 0.1) is 0 Å².